The number of carbonyl (C=O) groups excluding carboxylic acids is 1. The zero-order chi connectivity index (χ0) is 34.9. The lowest BCUT2D eigenvalue weighted by molar-refractivity contribution is -0.349. The van der Waals surface area contributed by atoms with Gasteiger partial charge in [0.05, 0.1) is 18.8 Å². The van der Waals surface area contributed by atoms with E-state index in [9.17, 15) is 20.1 Å². The molecule has 0 aromatic heterocycles. The van der Waals surface area contributed by atoms with Crippen LogP contribution in [0.2, 0.25) is 0 Å². The number of ether oxygens (including phenoxy) is 7. The van der Waals surface area contributed by atoms with Crippen LogP contribution in [0.1, 0.15) is 93.4 Å². The Labute approximate surface area is 289 Å². The van der Waals surface area contributed by atoms with Crippen molar-refractivity contribution >= 4 is 5.97 Å². The van der Waals surface area contributed by atoms with Crippen molar-refractivity contribution in [2.45, 2.75) is 160 Å². The Balaban J connectivity index is 1.05. The molecule has 5 aliphatic carbocycles. The van der Waals surface area contributed by atoms with Crippen molar-refractivity contribution in [3.05, 3.63) is 11.6 Å². The van der Waals surface area contributed by atoms with Crippen molar-refractivity contribution < 1.29 is 53.3 Å². The Hall–Kier alpha value is -1.15. The van der Waals surface area contributed by atoms with Crippen LogP contribution in [0.25, 0.3) is 0 Å². The average molecular weight is 689 g/mol. The number of rotatable bonds is 4. The van der Waals surface area contributed by atoms with Crippen LogP contribution in [-0.2, 0) is 38.0 Å². The summed E-state index contributed by atoms with van der Waals surface area (Å²) in [6, 6.07) is 0. The third-order valence-electron chi connectivity index (χ3n) is 16.3. The van der Waals surface area contributed by atoms with Gasteiger partial charge in [0.25, 0.3) is 0 Å². The molecule has 8 fully saturated rings. The van der Waals surface area contributed by atoms with E-state index in [1.165, 1.54) is 5.57 Å². The van der Waals surface area contributed by atoms with Crippen LogP contribution in [0.15, 0.2) is 11.6 Å². The number of hydrogen-bond acceptors (Lipinski definition) is 11. The fourth-order valence-corrected chi connectivity index (χ4v) is 14.0. The standard InChI is InChI=1S/C38H56O11/c1-18-13-38(30-35(7,48-30)31(43-8)49-38)47-21-14-33(5)23-10-9-22-32(3,4)24(46-29-28(42)27(41)20(40)16-44-29)11-12-36(22)17-37(23,36)15-25(45-19(2)39)34(33,6)26(18)21/h10,18,20-22,24-31,40-42H,9,11-17H2,1-8H3/t18?,20-,21?,22?,24+,25?,26?,27+,28-,29+,30?,31?,33?,34-,35?,36-,37+,38?/m1/s1. The van der Waals surface area contributed by atoms with E-state index in [1.807, 2.05) is 6.92 Å². The van der Waals surface area contributed by atoms with Gasteiger partial charge < -0.3 is 48.5 Å². The number of hydrogen-bond donors (Lipinski definition) is 3. The zero-order valence-corrected chi connectivity index (χ0v) is 30.3. The summed E-state index contributed by atoms with van der Waals surface area (Å²) in [4.78, 5) is 12.9. The summed E-state index contributed by atoms with van der Waals surface area (Å²) in [6.07, 6.45) is 2.72. The van der Waals surface area contributed by atoms with E-state index in [2.05, 4.69) is 40.7 Å². The number of carbonyl (C=O) groups is 1. The molecule has 3 spiro atoms. The summed E-state index contributed by atoms with van der Waals surface area (Å²) in [5.74, 6) is -0.345. The fourth-order valence-electron chi connectivity index (χ4n) is 14.0. The zero-order valence-electron chi connectivity index (χ0n) is 30.3. The summed E-state index contributed by atoms with van der Waals surface area (Å²) in [7, 11) is 1.66. The van der Waals surface area contributed by atoms with Gasteiger partial charge in [-0.2, -0.15) is 0 Å². The first-order chi connectivity index (χ1) is 22.9. The van der Waals surface area contributed by atoms with Gasteiger partial charge in [0.2, 0.25) is 5.79 Å². The molecular weight excluding hydrogens is 632 g/mol. The van der Waals surface area contributed by atoms with Crippen LogP contribution < -0.4 is 0 Å². The number of esters is 1. The van der Waals surface area contributed by atoms with Crippen LogP contribution in [0.4, 0.5) is 0 Å². The molecule has 4 heterocycles. The van der Waals surface area contributed by atoms with E-state index >= 15 is 0 Å². The van der Waals surface area contributed by atoms with Crippen molar-refractivity contribution in [1.82, 2.24) is 0 Å². The molecule has 4 aliphatic heterocycles. The van der Waals surface area contributed by atoms with Crippen molar-refractivity contribution in [2.24, 2.45) is 44.8 Å². The molecule has 0 aromatic rings. The van der Waals surface area contributed by atoms with E-state index in [1.54, 1.807) is 14.0 Å². The monoisotopic (exact) mass is 688 g/mol. The van der Waals surface area contributed by atoms with Crippen LogP contribution in [0.3, 0.4) is 0 Å². The third kappa shape index (κ3) is 3.93. The van der Waals surface area contributed by atoms with Gasteiger partial charge in [-0.1, -0.05) is 46.3 Å². The van der Waals surface area contributed by atoms with Gasteiger partial charge in [-0.15, -0.1) is 0 Å². The minimum Gasteiger partial charge on any atom is -0.462 e. The first-order valence-electron chi connectivity index (χ1n) is 18.7. The highest BCUT2D eigenvalue weighted by Crippen LogP contribution is 2.88. The minimum absolute atomic E-state index is 0.0519. The number of methoxy groups -OCH3 is 1. The molecule has 18 atom stereocenters. The van der Waals surface area contributed by atoms with Crippen LogP contribution in [-0.4, -0.2) is 102 Å². The molecule has 4 saturated carbocycles. The van der Waals surface area contributed by atoms with E-state index in [0.29, 0.717) is 12.3 Å². The van der Waals surface area contributed by atoms with Crippen LogP contribution in [0, 0.1) is 44.8 Å². The molecule has 274 valence electrons. The summed E-state index contributed by atoms with van der Waals surface area (Å²) in [6.45, 7) is 15.2. The topological polar surface area (TPSA) is 146 Å². The minimum atomic E-state index is -1.31. The number of aliphatic hydroxyl groups excluding tert-OH is 3. The maximum absolute atomic E-state index is 12.9. The Kier molecular flexibility index (Phi) is 6.93. The van der Waals surface area contributed by atoms with Crippen LogP contribution in [0.5, 0.6) is 0 Å². The van der Waals surface area contributed by atoms with Crippen molar-refractivity contribution in [3.8, 4) is 0 Å². The SMILES string of the molecule is COC1OC2(CC(C)C3C(CC4(C)C5=CCC6C(C)(C)[C@@H](O[C@@H]7OC[C@@H](O)[C@H](O)[C@H]7O)CC[C@@]67C[C@@]57CC(OC(C)=O)[C@]34C)O2)C2OC12C. The van der Waals surface area contributed by atoms with Gasteiger partial charge in [-0.3, -0.25) is 4.79 Å². The smallest absolute Gasteiger partial charge is 0.302 e. The normalized spacial score (nSPS) is 60.6. The lowest BCUT2D eigenvalue weighted by Gasteiger charge is -2.62. The molecule has 0 radical (unpaired) electrons. The van der Waals surface area contributed by atoms with Gasteiger partial charge in [0.1, 0.15) is 36.1 Å². The number of allylic oxidation sites excluding steroid dienone is 2. The average Bonchev–Trinajstić information content (AvgIpc) is 3.86. The maximum atomic E-state index is 12.9. The largest absolute Gasteiger partial charge is 0.462 e. The van der Waals surface area contributed by atoms with Gasteiger partial charge >= 0.3 is 5.97 Å². The highest BCUT2D eigenvalue weighted by molar-refractivity contribution is 5.66. The van der Waals surface area contributed by atoms with Gasteiger partial charge in [0, 0.05) is 36.7 Å². The summed E-state index contributed by atoms with van der Waals surface area (Å²) in [5, 5.41) is 31.0. The third-order valence-corrected chi connectivity index (χ3v) is 16.3. The molecule has 0 aromatic carbocycles. The number of aliphatic hydroxyl groups is 3. The van der Waals surface area contributed by atoms with Crippen molar-refractivity contribution in [2.75, 3.05) is 13.7 Å². The molecular formula is C38H56O11. The molecule has 9 rings (SSSR count). The Morgan fingerprint density at radius 2 is 1.73 bits per heavy atom. The van der Waals surface area contributed by atoms with E-state index < -0.39 is 42.3 Å². The Bertz CT molecular complexity index is 1470. The first kappa shape index (κ1) is 33.7. The molecule has 11 heteroatoms. The highest BCUT2D eigenvalue weighted by Gasteiger charge is 2.85. The predicted octanol–water partition coefficient (Wildman–Crippen LogP) is 3.60. The summed E-state index contributed by atoms with van der Waals surface area (Å²) in [5.41, 5.74) is 0.173. The Morgan fingerprint density at radius 3 is 2.43 bits per heavy atom. The predicted molar refractivity (Wildman–Crippen MR) is 172 cm³/mol. The molecule has 3 N–H and O–H groups in total. The second-order valence-corrected chi connectivity index (χ2v) is 18.7. The second-order valence-electron chi connectivity index (χ2n) is 18.7. The van der Waals surface area contributed by atoms with Crippen molar-refractivity contribution in [3.63, 3.8) is 0 Å². The lowest BCUT2D eigenvalue weighted by Crippen LogP contribution is -2.61. The fraction of sp³-hybridized carbons (Fsp3) is 0.921. The van der Waals surface area contributed by atoms with Gasteiger partial charge in [-0.25, -0.2) is 0 Å². The number of fused-ring (bicyclic) bond motifs is 6. The number of epoxide rings is 1. The van der Waals surface area contributed by atoms with Gasteiger partial charge in [-0.05, 0) is 74.0 Å². The molecule has 0 amide bonds. The van der Waals surface area contributed by atoms with E-state index in [4.69, 9.17) is 33.2 Å². The summed E-state index contributed by atoms with van der Waals surface area (Å²) >= 11 is 0. The molecule has 10 unspecified atom stereocenters. The maximum Gasteiger partial charge on any atom is 0.302 e. The Morgan fingerprint density at radius 1 is 0.980 bits per heavy atom. The van der Waals surface area contributed by atoms with E-state index in [0.717, 1.165) is 38.5 Å². The van der Waals surface area contributed by atoms with Crippen LogP contribution >= 0.6 is 0 Å². The molecule has 4 saturated heterocycles. The molecule has 0 bridgehead atoms. The quantitative estimate of drug-likeness (QED) is 0.226. The van der Waals surface area contributed by atoms with Crippen molar-refractivity contribution in [1.29, 1.82) is 0 Å². The highest BCUT2D eigenvalue weighted by atomic mass is 16.8. The molecule has 49 heavy (non-hydrogen) atoms. The first-order valence-corrected chi connectivity index (χ1v) is 18.7. The lowest BCUT2D eigenvalue weighted by atomic mass is 9.44. The summed E-state index contributed by atoms with van der Waals surface area (Å²) < 4.78 is 44.3. The van der Waals surface area contributed by atoms with Gasteiger partial charge in [0.15, 0.2) is 12.6 Å². The molecule has 11 nitrogen and oxygen atoms in total. The van der Waals surface area contributed by atoms with E-state index in [-0.39, 0.29) is 75.9 Å². The molecule has 9 aliphatic rings. The second kappa shape index (κ2) is 10.1.